The topological polar surface area (TPSA) is 76.6 Å². The van der Waals surface area contributed by atoms with Gasteiger partial charge in [0.2, 0.25) is 0 Å². The number of benzene rings is 1. The number of carbonyl (C=O) groups is 2. The average molecular weight is 347 g/mol. The van der Waals surface area contributed by atoms with Gasteiger partial charge in [-0.3, -0.25) is 14.7 Å². The molecule has 0 unspecified atom stereocenters. The number of pyridine rings is 1. The van der Waals surface area contributed by atoms with Crippen LogP contribution in [0.25, 0.3) is 0 Å². The largest absolute Gasteiger partial charge is 1.00 e. The van der Waals surface area contributed by atoms with Gasteiger partial charge in [0.05, 0.1) is 12.5 Å². The first-order chi connectivity index (χ1) is 11.6. The van der Waals surface area contributed by atoms with Crippen molar-refractivity contribution in [3.8, 4) is 0 Å². The number of carboxylic acids is 1. The second kappa shape index (κ2) is 9.10. The summed E-state index contributed by atoms with van der Waals surface area (Å²) < 4.78 is 0. The molecule has 0 radical (unpaired) electrons. The number of hydrogen-bond donors (Lipinski definition) is 0. The van der Waals surface area contributed by atoms with Crippen LogP contribution in [-0.2, 0) is 0 Å². The van der Waals surface area contributed by atoms with Gasteiger partial charge in [-0.1, -0.05) is 24.3 Å². The molecule has 25 heavy (non-hydrogen) atoms. The van der Waals surface area contributed by atoms with Crippen LogP contribution in [0.1, 0.15) is 20.7 Å². The molecule has 124 valence electrons. The molecule has 0 atom stereocenters. The van der Waals surface area contributed by atoms with Crippen LogP contribution in [0.15, 0.2) is 48.8 Å². The Hall–Kier alpha value is -1.73. The Kier molecular flexibility index (Phi) is 7.13. The summed E-state index contributed by atoms with van der Waals surface area (Å²) in [6.45, 7) is 3.69. The maximum atomic E-state index is 12.3. The van der Waals surface area contributed by atoms with Gasteiger partial charge in [0, 0.05) is 49.8 Å². The van der Waals surface area contributed by atoms with Crippen molar-refractivity contribution in [3.63, 3.8) is 0 Å². The van der Waals surface area contributed by atoms with Crippen LogP contribution >= 0.6 is 0 Å². The number of aromatic carboxylic acids is 1. The summed E-state index contributed by atoms with van der Waals surface area (Å²) in [7, 11) is 0. The third-order valence-corrected chi connectivity index (χ3v) is 4.21. The van der Waals surface area contributed by atoms with E-state index >= 15 is 0 Å². The van der Waals surface area contributed by atoms with Crippen molar-refractivity contribution in [2.24, 2.45) is 0 Å². The van der Waals surface area contributed by atoms with Gasteiger partial charge in [0.25, 0.3) is 0 Å². The van der Waals surface area contributed by atoms with Crippen molar-refractivity contribution in [1.82, 2.24) is 9.88 Å². The summed E-state index contributed by atoms with van der Waals surface area (Å²) in [6.07, 6.45) is 3.56. The van der Waals surface area contributed by atoms with E-state index in [0.29, 0.717) is 12.1 Å². The van der Waals surface area contributed by atoms with Crippen molar-refractivity contribution in [3.05, 3.63) is 59.9 Å². The number of carboxylic acid groups (broad SMARTS) is 1. The van der Waals surface area contributed by atoms with Gasteiger partial charge in [-0.15, -0.1) is 0 Å². The van der Waals surface area contributed by atoms with Gasteiger partial charge >= 0.3 is 29.6 Å². The molecule has 1 saturated heterocycles. The molecule has 0 spiro atoms. The Labute approximate surface area is 168 Å². The minimum absolute atomic E-state index is 0. The van der Waals surface area contributed by atoms with E-state index in [1.807, 2.05) is 12.1 Å². The molecule has 0 N–H and O–H groups in total. The number of ketones is 1. The van der Waals surface area contributed by atoms with Gasteiger partial charge in [0.15, 0.2) is 5.78 Å². The molecule has 0 aliphatic carbocycles. The van der Waals surface area contributed by atoms with E-state index in [0.717, 1.165) is 31.9 Å². The first-order valence-corrected chi connectivity index (χ1v) is 7.85. The normalized spacial score (nSPS) is 14.6. The van der Waals surface area contributed by atoms with Gasteiger partial charge in [-0.2, -0.15) is 0 Å². The summed E-state index contributed by atoms with van der Waals surface area (Å²) in [5.74, 6) is -1.24. The number of piperazine rings is 1. The van der Waals surface area contributed by atoms with Crippen LogP contribution in [-0.4, -0.2) is 54.4 Å². The Bertz CT molecular complexity index is 714. The SMILES string of the molecule is O=C([O-])c1ccc(C(=O)CN2CCN(c3ccncc3)CC2)cc1.[Na+]. The predicted molar refractivity (Wildman–Crippen MR) is 88.0 cm³/mol. The Morgan fingerprint density at radius 3 is 2.04 bits per heavy atom. The minimum Gasteiger partial charge on any atom is -0.545 e. The van der Waals surface area contributed by atoms with Crippen LogP contribution in [0.5, 0.6) is 0 Å². The second-order valence-electron chi connectivity index (χ2n) is 5.76. The van der Waals surface area contributed by atoms with Crippen molar-refractivity contribution in [2.45, 2.75) is 0 Å². The molecule has 3 rings (SSSR count). The Morgan fingerprint density at radius 2 is 1.48 bits per heavy atom. The Morgan fingerprint density at radius 1 is 0.920 bits per heavy atom. The molecule has 6 nitrogen and oxygen atoms in total. The van der Waals surface area contributed by atoms with Crippen LogP contribution in [0, 0.1) is 0 Å². The molecular weight excluding hydrogens is 329 g/mol. The number of hydrogen-bond acceptors (Lipinski definition) is 6. The van der Waals surface area contributed by atoms with Crippen molar-refractivity contribution >= 4 is 17.4 Å². The third kappa shape index (κ3) is 5.12. The summed E-state index contributed by atoms with van der Waals surface area (Å²) >= 11 is 0. The first kappa shape index (κ1) is 19.6. The summed E-state index contributed by atoms with van der Waals surface area (Å²) in [6, 6.07) is 9.87. The van der Waals surface area contributed by atoms with Crippen molar-refractivity contribution in [2.75, 3.05) is 37.6 Å². The number of aromatic nitrogens is 1. The zero-order chi connectivity index (χ0) is 16.9. The van der Waals surface area contributed by atoms with E-state index in [4.69, 9.17) is 0 Å². The van der Waals surface area contributed by atoms with Crippen LogP contribution in [0.2, 0.25) is 0 Å². The summed E-state index contributed by atoms with van der Waals surface area (Å²) in [5.41, 5.74) is 1.75. The van der Waals surface area contributed by atoms with E-state index in [-0.39, 0.29) is 40.9 Å². The molecule has 1 aliphatic rings. The van der Waals surface area contributed by atoms with E-state index in [2.05, 4.69) is 14.8 Å². The van der Waals surface area contributed by atoms with Crippen molar-refractivity contribution in [1.29, 1.82) is 0 Å². The van der Waals surface area contributed by atoms with Crippen molar-refractivity contribution < 1.29 is 44.3 Å². The summed E-state index contributed by atoms with van der Waals surface area (Å²) in [5, 5.41) is 10.7. The number of carbonyl (C=O) groups excluding carboxylic acids is 2. The molecule has 1 fully saturated rings. The Balaban J connectivity index is 0.00000225. The fourth-order valence-electron chi connectivity index (χ4n) is 2.81. The zero-order valence-electron chi connectivity index (χ0n) is 14.2. The smallest absolute Gasteiger partial charge is 0.545 e. The fourth-order valence-corrected chi connectivity index (χ4v) is 2.81. The van der Waals surface area contributed by atoms with Gasteiger partial charge in [-0.25, -0.2) is 0 Å². The molecule has 0 saturated carbocycles. The van der Waals surface area contributed by atoms with Crippen LogP contribution < -0.4 is 39.6 Å². The predicted octanol–water partition coefficient (Wildman–Crippen LogP) is -2.55. The first-order valence-electron chi connectivity index (χ1n) is 7.85. The van der Waals surface area contributed by atoms with Crippen LogP contribution in [0.4, 0.5) is 5.69 Å². The van der Waals surface area contributed by atoms with Gasteiger partial charge < -0.3 is 14.8 Å². The molecule has 2 aromatic rings. The molecule has 7 heteroatoms. The molecule has 0 bridgehead atoms. The molecule has 1 aromatic carbocycles. The van der Waals surface area contributed by atoms with E-state index in [9.17, 15) is 14.7 Å². The zero-order valence-corrected chi connectivity index (χ0v) is 16.2. The van der Waals surface area contributed by atoms with Crippen LogP contribution in [0.3, 0.4) is 0 Å². The summed E-state index contributed by atoms with van der Waals surface area (Å²) in [4.78, 5) is 31.5. The monoisotopic (exact) mass is 347 g/mol. The number of anilines is 1. The number of nitrogens with zero attached hydrogens (tertiary/aromatic N) is 3. The number of Topliss-reactive ketones (excluding diaryl/α,β-unsaturated/α-hetero) is 1. The van der Waals surface area contributed by atoms with Gasteiger partial charge in [0.1, 0.15) is 0 Å². The molecule has 1 aliphatic heterocycles. The molecular formula is C18H18N3NaO3. The van der Waals surface area contributed by atoms with E-state index in [1.54, 1.807) is 24.5 Å². The standard InChI is InChI=1S/C18H19N3O3.Na/c22-17(14-1-3-15(4-2-14)18(23)24)13-20-9-11-21(12-10-20)16-5-7-19-8-6-16;/h1-8H,9-13H2,(H,23,24);/q;+1/p-1. The third-order valence-electron chi connectivity index (χ3n) is 4.21. The maximum Gasteiger partial charge on any atom is 1.00 e. The fraction of sp³-hybridized carbons (Fsp3) is 0.278. The number of rotatable bonds is 5. The molecule has 1 aromatic heterocycles. The minimum atomic E-state index is -1.23. The van der Waals surface area contributed by atoms with Gasteiger partial charge in [-0.05, 0) is 17.7 Å². The maximum absolute atomic E-state index is 12.3. The quantitative estimate of drug-likeness (QED) is 0.438. The van der Waals surface area contributed by atoms with E-state index in [1.165, 1.54) is 12.1 Å². The second-order valence-corrected chi connectivity index (χ2v) is 5.76. The van der Waals surface area contributed by atoms with E-state index < -0.39 is 5.97 Å². The average Bonchev–Trinajstić information content (AvgIpc) is 2.63. The molecule has 0 amide bonds. The molecule has 2 heterocycles.